The molecule has 6 nitrogen and oxygen atoms in total. The Bertz CT molecular complexity index is 675. The number of ether oxygens (including phenoxy) is 1. The summed E-state index contributed by atoms with van der Waals surface area (Å²) in [6.45, 7) is 2.07. The maximum Gasteiger partial charge on any atom is 0.216 e. The van der Waals surface area contributed by atoms with Crippen LogP contribution in [0.5, 0.6) is 11.5 Å². The van der Waals surface area contributed by atoms with Gasteiger partial charge in [0.15, 0.2) is 17.3 Å². The molecule has 0 fully saturated rings. The van der Waals surface area contributed by atoms with Crippen molar-refractivity contribution in [2.75, 3.05) is 7.11 Å². The Kier molecular flexibility index (Phi) is 4.52. The second kappa shape index (κ2) is 6.33. The van der Waals surface area contributed by atoms with Crippen molar-refractivity contribution in [2.24, 2.45) is 5.10 Å². The Morgan fingerprint density at radius 1 is 1.55 bits per heavy atom. The maximum absolute atomic E-state index is 9.54. The molecule has 1 aromatic heterocycles. The van der Waals surface area contributed by atoms with Gasteiger partial charge in [0.1, 0.15) is 0 Å². The number of aromatic hydroxyl groups is 1. The molecule has 1 heterocycles. The molecule has 7 heteroatoms. The summed E-state index contributed by atoms with van der Waals surface area (Å²) < 4.78 is 7.10. The second-order valence-corrected chi connectivity index (χ2v) is 4.57. The van der Waals surface area contributed by atoms with Crippen LogP contribution in [0.1, 0.15) is 24.7 Å². The van der Waals surface area contributed by atoms with E-state index in [0.29, 0.717) is 10.5 Å². The highest BCUT2D eigenvalue weighted by Gasteiger charge is 2.04. The molecule has 2 N–H and O–H groups in total. The molecule has 0 radical (unpaired) electrons. The summed E-state index contributed by atoms with van der Waals surface area (Å²) in [5.41, 5.74) is 0.796. The maximum atomic E-state index is 9.54. The molecule has 1 aromatic carbocycles. The number of benzene rings is 1. The van der Waals surface area contributed by atoms with Crippen LogP contribution in [0, 0.1) is 4.77 Å². The van der Waals surface area contributed by atoms with Crippen LogP contribution in [-0.4, -0.2) is 33.3 Å². The lowest BCUT2D eigenvalue weighted by atomic mass is 10.2. The number of nitrogens with zero attached hydrogens (tertiary/aromatic N) is 3. The van der Waals surface area contributed by atoms with Crippen LogP contribution >= 0.6 is 12.2 Å². The molecule has 0 amide bonds. The van der Waals surface area contributed by atoms with Crippen LogP contribution in [0.15, 0.2) is 23.3 Å². The minimum absolute atomic E-state index is 0.0937. The Hall–Kier alpha value is -2.15. The summed E-state index contributed by atoms with van der Waals surface area (Å²) in [7, 11) is 1.50. The average molecular weight is 292 g/mol. The molecular weight excluding hydrogens is 276 g/mol. The summed E-state index contributed by atoms with van der Waals surface area (Å²) in [6.07, 6.45) is 3.40. The number of phenolic OH excluding ortho intramolecular Hbond substituents is 1. The van der Waals surface area contributed by atoms with Gasteiger partial charge in [0.05, 0.1) is 13.3 Å². The van der Waals surface area contributed by atoms with Gasteiger partial charge in [-0.05, 0) is 42.4 Å². The predicted octanol–water partition coefficient (Wildman–Crippen LogP) is 2.49. The average Bonchev–Trinajstić information content (AvgIpc) is 2.79. The first-order chi connectivity index (χ1) is 9.65. The van der Waals surface area contributed by atoms with Gasteiger partial charge >= 0.3 is 0 Å². The third kappa shape index (κ3) is 3.05. The number of hydrogen-bond donors (Lipinski definition) is 2. The van der Waals surface area contributed by atoms with Crippen LogP contribution in [0.4, 0.5) is 0 Å². The van der Waals surface area contributed by atoms with Crippen molar-refractivity contribution in [3.05, 3.63) is 34.4 Å². The fraction of sp³-hybridized carbons (Fsp3) is 0.308. The van der Waals surface area contributed by atoms with Crippen molar-refractivity contribution in [2.45, 2.75) is 19.8 Å². The van der Waals surface area contributed by atoms with E-state index in [0.717, 1.165) is 24.2 Å². The lowest BCUT2D eigenvalue weighted by Gasteiger charge is -2.03. The monoisotopic (exact) mass is 292 g/mol. The van der Waals surface area contributed by atoms with E-state index in [2.05, 4.69) is 22.2 Å². The largest absolute Gasteiger partial charge is 0.504 e. The molecular formula is C13H16N4O2S. The molecule has 0 aliphatic carbocycles. The second-order valence-electron chi connectivity index (χ2n) is 4.18. The number of aromatic amines is 1. The van der Waals surface area contributed by atoms with E-state index in [1.54, 1.807) is 29.1 Å². The first-order valence-electron chi connectivity index (χ1n) is 6.23. The van der Waals surface area contributed by atoms with Crippen LogP contribution in [0.2, 0.25) is 0 Å². The van der Waals surface area contributed by atoms with Crippen LogP contribution in [-0.2, 0) is 6.42 Å². The fourth-order valence-corrected chi connectivity index (χ4v) is 1.93. The van der Waals surface area contributed by atoms with Gasteiger partial charge in [-0.3, -0.25) is 5.10 Å². The van der Waals surface area contributed by atoms with E-state index in [-0.39, 0.29) is 5.75 Å². The molecule has 2 rings (SSSR count). The van der Waals surface area contributed by atoms with Gasteiger partial charge in [-0.2, -0.15) is 14.9 Å². The molecule has 0 aliphatic heterocycles. The van der Waals surface area contributed by atoms with E-state index in [9.17, 15) is 5.11 Å². The zero-order valence-electron chi connectivity index (χ0n) is 11.3. The Labute approximate surface area is 121 Å². The topological polar surface area (TPSA) is 75.4 Å². The van der Waals surface area contributed by atoms with Gasteiger partial charge in [0, 0.05) is 6.42 Å². The number of methoxy groups -OCH3 is 1. The molecule has 0 aliphatic rings. The van der Waals surface area contributed by atoms with E-state index in [1.165, 1.54) is 7.11 Å². The van der Waals surface area contributed by atoms with Crippen molar-refractivity contribution in [1.29, 1.82) is 0 Å². The molecule has 0 spiro atoms. The zero-order chi connectivity index (χ0) is 14.5. The van der Waals surface area contributed by atoms with Gasteiger partial charge in [0.25, 0.3) is 0 Å². The number of rotatable bonds is 5. The highest BCUT2D eigenvalue weighted by molar-refractivity contribution is 7.71. The van der Waals surface area contributed by atoms with Crippen LogP contribution < -0.4 is 4.74 Å². The minimum Gasteiger partial charge on any atom is -0.504 e. The van der Waals surface area contributed by atoms with Gasteiger partial charge < -0.3 is 9.84 Å². The summed E-state index contributed by atoms with van der Waals surface area (Å²) in [6, 6.07) is 4.99. The van der Waals surface area contributed by atoms with Gasteiger partial charge in [-0.25, -0.2) is 0 Å². The number of phenols is 1. The van der Waals surface area contributed by atoms with Crippen molar-refractivity contribution in [1.82, 2.24) is 14.9 Å². The van der Waals surface area contributed by atoms with Gasteiger partial charge in [-0.15, -0.1) is 0 Å². The molecule has 0 saturated carbocycles. The van der Waals surface area contributed by atoms with E-state index in [4.69, 9.17) is 17.0 Å². The summed E-state index contributed by atoms with van der Waals surface area (Å²) >= 11 is 5.14. The number of aromatic nitrogens is 3. The molecule has 0 unspecified atom stereocenters. The smallest absolute Gasteiger partial charge is 0.216 e. The van der Waals surface area contributed by atoms with Crippen molar-refractivity contribution in [3.8, 4) is 11.5 Å². The Balaban J connectivity index is 2.29. The van der Waals surface area contributed by atoms with E-state index in [1.807, 2.05) is 0 Å². The molecule has 0 atom stereocenters. The first-order valence-corrected chi connectivity index (χ1v) is 6.64. The zero-order valence-corrected chi connectivity index (χ0v) is 12.1. The standard InChI is InChI=1S/C13H16N4O2S/c1-3-4-12-15-16-13(20)17(12)14-8-9-5-6-10(18)11(7-9)19-2/h5-8,18H,3-4H2,1-2H3,(H,16,20)/b14-8+. The Morgan fingerprint density at radius 2 is 2.35 bits per heavy atom. The van der Waals surface area contributed by atoms with E-state index < -0.39 is 0 Å². The normalized spacial score (nSPS) is 11.1. The molecule has 0 bridgehead atoms. The SMILES string of the molecule is CCCc1n[nH]c(=S)n1/N=C/c1ccc(O)c(OC)c1. The lowest BCUT2D eigenvalue weighted by Crippen LogP contribution is -1.98. The quantitative estimate of drug-likeness (QED) is 0.656. The Morgan fingerprint density at radius 3 is 3.05 bits per heavy atom. The van der Waals surface area contributed by atoms with Crippen molar-refractivity contribution in [3.63, 3.8) is 0 Å². The molecule has 106 valence electrons. The minimum atomic E-state index is 0.0937. The first kappa shape index (κ1) is 14.3. The van der Waals surface area contributed by atoms with Crippen molar-refractivity contribution < 1.29 is 9.84 Å². The molecule has 20 heavy (non-hydrogen) atoms. The van der Waals surface area contributed by atoms with E-state index >= 15 is 0 Å². The number of aryl methyl sites for hydroxylation is 1. The van der Waals surface area contributed by atoms with Crippen molar-refractivity contribution >= 4 is 18.4 Å². The molecule has 2 aromatic rings. The summed E-state index contributed by atoms with van der Waals surface area (Å²) in [5, 5.41) is 20.7. The fourth-order valence-electron chi connectivity index (χ4n) is 1.73. The van der Waals surface area contributed by atoms with Gasteiger partial charge in [0.2, 0.25) is 4.77 Å². The number of nitrogens with one attached hydrogen (secondary N) is 1. The number of hydrogen-bond acceptors (Lipinski definition) is 5. The number of H-pyrrole nitrogens is 1. The summed E-state index contributed by atoms with van der Waals surface area (Å²) in [4.78, 5) is 0. The molecule has 0 saturated heterocycles. The van der Waals surface area contributed by atoms with Gasteiger partial charge in [-0.1, -0.05) is 6.92 Å². The van der Waals surface area contributed by atoms with Crippen LogP contribution in [0.3, 0.4) is 0 Å². The third-order valence-electron chi connectivity index (χ3n) is 2.72. The highest BCUT2D eigenvalue weighted by Crippen LogP contribution is 2.25. The summed E-state index contributed by atoms with van der Waals surface area (Å²) in [5.74, 6) is 1.29. The third-order valence-corrected chi connectivity index (χ3v) is 2.98. The lowest BCUT2D eigenvalue weighted by molar-refractivity contribution is 0.373. The predicted molar refractivity (Wildman–Crippen MR) is 79.1 cm³/mol. The highest BCUT2D eigenvalue weighted by atomic mass is 32.1. The van der Waals surface area contributed by atoms with Crippen LogP contribution in [0.25, 0.3) is 0 Å².